The molecule has 1 N–H and O–H groups in total. The van der Waals surface area contributed by atoms with Gasteiger partial charge in [0.05, 0.1) is 33.5 Å². The van der Waals surface area contributed by atoms with E-state index >= 15 is 0 Å². The fraction of sp³-hybridized carbons (Fsp3) is 0.250. The number of nitrogens with one attached hydrogen (secondary N) is 1. The summed E-state index contributed by atoms with van der Waals surface area (Å²) < 4.78 is 5.54. The van der Waals surface area contributed by atoms with Gasteiger partial charge >= 0.3 is 5.97 Å². The number of ether oxygens (including phenoxy) is 1. The van der Waals surface area contributed by atoms with Gasteiger partial charge in [0.2, 0.25) is 0 Å². The van der Waals surface area contributed by atoms with Crippen LogP contribution in [-0.2, 0) is 17.6 Å². The van der Waals surface area contributed by atoms with E-state index in [-0.39, 0.29) is 12.0 Å². The summed E-state index contributed by atoms with van der Waals surface area (Å²) in [6.45, 7) is 3.64. The molecule has 0 spiro atoms. The molecule has 0 fully saturated rings. The van der Waals surface area contributed by atoms with Crippen molar-refractivity contribution in [2.75, 3.05) is 5.32 Å². The Balaban J connectivity index is 1.59. The van der Waals surface area contributed by atoms with E-state index in [1.165, 1.54) is 11.3 Å². The first-order valence-electron chi connectivity index (χ1n) is 11.8. The number of halogens is 2. The largest absolute Gasteiger partial charge is 0.459 e. The van der Waals surface area contributed by atoms with Crippen LogP contribution in [0.5, 0.6) is 0 Å². The molecule has 0 aliphatic heterocycles. The van der Waals surface area contributed by atoms with E-state index < -0.39 is 5.97 Å². The number of amides is 1. The van der Waals surface area contributed by atoms with Gasteiger partial charge in [-0.15, -0.1) is 11.3 Å². The summed E-state index contributed by atoms with van der Waals surface area (Å²) in [4.78, 5) is 32.6. The third-order valence-corrected chi connectivity index (χ3v) is 7.87. The highest BCUT2D eigenvalue weighted by atomic mass is 35.5. The first-order chi connectivity index (χ1) is 17.3. The van der Waals surface area contributed by atoms with Gasteiger partial charge in [0, 0.05) is 20.8 Å². The lowest BCUT2D eigenvalue weighted by Gasteiger charge is -2.14. The second-order valence-electron chi connectivity index (χ2n) is 9.02. The molecule has 0 bridgehead atoms. The summed E-state index contributed by atoms with van der Waals surface area (Å²) in [6.07, 6.45) is 3.53. The van der Waals surface area contributed by atoms with Gasteiger partial charge in [-0.25, -0.2) is 9.78 Å². The highest BCUT2D eigenvalue weighted by molar-refractivity contribution is 7.17. The van der Waals surface area contributed by atoms with Crippen molar-refractivity contribution >= 4 is 62.3 Å². The number of nitrogens with zero attached hydrogens (tertiary/aromatic N) is 1. The van der Waals surface area contributed by atoms with Crippen LogP contribution in [0.3, 0.4) is 0 Å². The van der Waals surface area contributed by atoms with Gasteiger partial charge in [0.25, 0.3) is 5.91 Å². The van der Waals surface area contributed by atoms with Crippen LogP contribution in [0.2, 0.25) is 10.0 Å². The van der Waals surface area contributed by atoms with Crippen LogP contribution in [-0.4, -0.2) is 23.0 Å². The molecule has 1 amide bonds. The summed E-state index contributed by atoms with van der Waals surface area (Å²) >= 11 is 14.0. The molecule has 8 heteroatoms. The van der Waals surface area contributed by atoms with Crippen molar-refractivity contribution in [3.8, 4) is 11.3 Å². The van der Waals surface area contributed by atoms with Gasteiger partial charge in [-0.1, -0.05) is 41.4 Å². The number of pyridine rings is 1. The van der Waals surface area contributed by atoms with Gasteiger partial charge in [-0.3, -0.25) is 4.79 Å². The Hall–Kier alpha value is -2.93. The monoisotopic (exact) mass is 538 g/mol. The van der Waals surface area contributed by atoms with Crippen molar-refractivity contribution in [2.45, 2.75) is 45.6 Å². The van der Waals surface area contributed by atoms with E-state index in [9.17, 15) is 9.59 Å². The van der Waals surface area contributed by atoms with Gasteiger partial charge in [0.15, 0.2) is 0 Å². The van der Waals surface area contributed by atoms with Crippen LogP contribution in [0.15, 0.2) is 48.5 Å². The maximum atomic E-state index is 13.7. The molecule has 2 heterocycles. The van der Waals surface area contributed by atoms with Crippen LogP contribution in [0, 0.1) is 0 Å². The molecule has 4 aromatic rings. The quantitative estimate of drug-likeness (QED) is 0.261. The zero-order valence-corrected chi connectivity index (χ0v) is 22.2. The lowest BCUT2D eigenvalue weighted by Crippen LogP contribution is -2.18. The number of hydrogen-bond acceptors (Lipinski definition) is 5. The molecule has 0 saturated heterocycles. The third-order valence-electron chi connectivity index (χ3n) is 6.11. The lowest BCUT2D eigenvalue weighted by molar-refractivity contribution is 0.0378. The van der Waals surface area contributed by atoms with E-state index in [0.29, 0.717) is 48.3 Å². The first kappa shape index (κ1) is 24.8. The molecule has 0 unspecified atom stereocenters. The Morgan fingerprint density at radius 3 is 2.61 bits per heavy atom. The number of aryl methyl sites for hydroxylation is 1. The second-order valence-corrected chi connectivity index (χ2v) is 11.0. The van der Waals surface area contributed by atoms with Crippen molar-refractivity contribution in [3.05, 3.63) is 80.1 Å². The van der Waals surface area contributed by atoms with Crippen molar-refractivity contribution in [1.29, 1.82) is 0 Å². The first-order valence-corrected chi connectivity index (χ1v) is 13.4. The van der Waals surface area contributed by atoms with Crippen LogP contribution in [0.4, 0.5) is 5.00 Å². The molecule has 1 aliphatic carbocycles. The Morgan fingerprint density at radius 1 is 1.06 bits per heavy atom. The van der Waals surface area contributed by atoms with Crippen LogP contribution in [0.25, 0.3) is 22.2 Å². The van der Waals surface area contributed by atoms with E-state index in [1.807, 2.05) is 38.1 Å². The number of anilines is 1. The minimum Gasteiger partial charge on any atom is -0.459 e. The molecule has 1 aliphatic rings. The molecular weight excluding hydrogens is 515 g/mol. The number of para-hydroxylation sites is 1. The number of carbonyl (C=O) groups is 2. The van der Waals surface area contributed by atoms with E-state index in [2.05, 4.69) is 5.32 Å². The summed E-state index contributed by atoms with van der Waals surface area (Å²) in [5.74, 6) is -0.718. The lowest BCUT2D eigenvalue weighted by atomic mass is 9.95. The van der Waals surface area contributed by atoms with Crippen molar-refractivity contribution in [2.24, 2.45) is 0 Å². The number of benzene rings is 2. The number of hydrogen-bond donors (Lipinski definition) is 1. The molecule has 5 rings (SSSR count). The zero-order chi connectivity index (χ0) is 25.4. The number of rotatable bonds is 5. The Kier molecular flexibility index (Phi) is 7.02. The second kappa shape index (κ2) is 10.2. The fourth-order valence-corrected chi connectivity index (χ4v) is 6.29. The predicted molar refractivity (Wildman–Crippen MR) is 147 cm³/mol. The summed E-state index contributed by atoms with van der Waals surface area (Å²) in [7, 11) is 0. The number of esters is 1. The molecule has 0 atom stereocenters. The SMILES string of the molecule is CC(C)OC(=O)c1c(NC(=O)c2cc(-c3ccc(Cl)cc3Cl)nc3ccccc23)sc2c1CCCC2. The fourth-order valence-electron chi connectivity index (χ4n) is 4.51. The highest BCUT2D eigenvalue weighted by Crippen LogP contribution is 2.39. The van der Waals surface area contributed by atoms with E-state index in [0.717, 1.165) is 36.1 Å². The van der Waals surface area contributed by atoms with Crippen molar-refractivity contribution in [3.63, 3.8) is 0 Å². The molecule has 2 aromatic heterocycles. The van der Waals surface area contributed by atoms with Crippen LogP contribution in [0.1, 0.15) is 57.8 Å². The molecule has 2 aromatic carbocycles. The number of thiophene rings is 1. The van der Waals surface area contributed by atoms with E-state index in [1.54, 1.807) is 24.3 Å². The molecular formula is C28H24Cl2N2O3S. The topological polar surface area (TPSA) is 68.3 Å². The number of carbonyl (C=O) groups excluding carboxylic acids is 2. The number of fused-ring (bicyclic) bond motifs is 2. The minimum atomic E-state index is -0.395. The maximum Gasteiger partial charge on any atom is 0.341 e. The van der Waals surface area contributed by atoms with Gasteiger partial charge in [0.1, 0.15) is 5.00 Å². The minimum absolute atomic E-state index is 0.254. The Bertz CT molecular complexity index is 1500. The Labute approximate surface area is 223 Å². The molecule has 36 heavy (non-hydrogen) atoms. The molecule has 0 radical (unpaired) electrons. The number of aromatic nitrogens is 1. The zero-order valence-electron chi connectivity index (χ0n) is 19.9. The predicted octanol–water partition coefficient (Wildman–Crippen LogP) is 7.97. The maximum absolute atomic E-state index is 13.7. The normalized spacial score (nSPS) is 13.0. The highest BCUT2D eigenvalue weighted by Gasteiger charge is 2.28. The van der Waals surface area contributed by atoms with Crippen molar-refractivity contribution in [1.82, 2.24) is 4.98 Å². The summed E-state index contributed by atoms with van der Waals surface area (Å²) in [5.41, 5.74) is 3.82. The smallest absolute Gasteiger partial charge is 0.341 e. The van der Waals surface area contributed by atoms with Crippen LogP contribution >= 0.6 is 34.5 Å². The van der Waals surface area contributed by atoms with Gasteiger partial charge < -0.3 is 10.1 Å². The van der Waals surface area contributed by atoms with Gasteiger partial charge in [-0.2, -0.15) is 0 Å². The van der Waals surface area contributed by atoms with Crippen molar-refractivity contribution < 1.29 is 14.3 Å². The third kappa shape index (κ3) is 4.85. The average molecular weight is 539 g/mol. The Morgan fingerprint density at radius 2 is 1.83 bits per heavy atom. The van der Waals surface area contributed by atoms with Gasteiger partial charge in [-0.05, 0) is 75.4 Å². The molecule has 184 valence electrons. The van der Waals surface area contributed by atoms with E-state index in [4.69, 9.17) is 32.9 Å². The molecule has 0 saturated carbocycles. The van der Waals surface area contributed by atoms with Crippen LogP contribution < -0.4 is 5.32 Å². The average Bonchev–Trinajstić information content (AvgIpc) is 3.20. The standard InChI is InChI=1S/C28H24Cl2N2O3S/c1-15(2)35-28(34)25-19-8-4-6-10-24(19)36-27(25)32-26(33)20-14-23(18-12-11-16(29)13-21(18)30)31-22-9-5-3-7-17(20)22/h3,5,7,9,11-15H,4,6,8,10H2,1-2H3,(H,32,33). The summed E-state index contributed by atoms with van der Waals surface area (Å²) in [6, 6.07) is 14.4. The molecule has 5 nitrogen and oxygen atoms in total. The summed E-state index contributed by atoms with van der Waals surface area (Å²) in [5, 5.41) is 5.23.